The molecule has 0 bridgehead atoms. The van der Waals surface area contributed by atoms with Crippen LogP contribution in [-0.4, -0.2) is 40.0 Å². The predicted octanol–water partition coefficient (Wildman–Crippen LogP) is 1.80. The Bertz CT molecular complexity index is 305. The first kappa shape index (κ1) is 16.7. The molecule has 0 aromatic rings. The molecule has 0 unspecified atom stereocenters. The van der Waals surface area contributed by atoms with Crippen LogP contribution in [-0.2, 0) is 19.0 Å². The summed E-state index contributed by atoms with van der Waals surface area (Å²) in [5.74, 6) is 4.79. The number of rotatable bonds is 8. The zero-order chi connectivity index (χ0) is 13.9. The van der Waals surface area contributed by atoms with E-state index in [-0.39, 0.29) is 5.41 Å². The fraction of sp³-hybridized carbons (Fsp3) is 0.643. The fourth-order valence-electron chi connectivity index (χ4n) is 1.72. The van der Waals surface area contributed by atoms with Gasteiger partial charge in [0.1, 0.15) is 0 Å². The van der Waals surface area contributed by atoms with Gasteiger partial charge in [0.2, 0.25) is 0 Å². The van der Waals surface area contributed by atoms with Crippen molar-refractivity contribution in [2.24, 2.45) is 5.41 Å². The van der Waals surface area contributed by atoms with Crippen LogP contribution in [0.2, 0.25) is 0 Å². The summed E-state index contributed by atoms with van der Waals surface area (Å²) >= 11 is 0. The van der Waals surface area contributed by atoms with Crippen LogP contribution in [0, 0.1) is 17.3 Å². The number of carbonyl (C=O) groups is 1. The molecule has 4 heteroatoms. The van der Waals surface area contributed by atoms with Gasteiger partial charge in [0, 0.05) is 32.0 Å². The molecule has 0 aromatic carbocycles. The molecule has 0 aromatic heterocycles. The summed E-state index contributed by atoms with van der Waals surface area (Å²) < 4.78 is 15.2. The Morgan fingerprint density at radius 2 is 1.94 bits per heavy atom. The van der Waals surface area contributed by atoms with Gasteiger partial charge in [-0.05, 0) is 13.3 Å². The normalized spacial score (nSPS) is 10.4. The van der Waals surface area contributed by atoms with Crippen molar-refractivity contribution in [2.75, 3.05) is 34.0 Å². The quantitative estimate of drug-likeness (QED) is 0.287. The molecular weight excluding hydrogens is 232 g/mol. The SMILES string of the molecule is C=CCC(CC#CC(=O)OCC)(COC)COC. The minimum absolute atomic E-state index is 0.259. The van der Waals surface area contributed by atoms with E-state index in [1.807, 2.05) is 6.08 Å². The third-order valence-corrected chi connectivity index (χ3v) is 2.41. The van der Waals surface area contributed by atoms with Crippen molar-refractivity contribution in [2.45, 2.75) is 19.8 Å². The number of ether oxygens (including phenoxy) is 3. The Kier molecular flexibility index (Phi) is 8.99. The lowest BCUT2D eigenvalue weighted by atomic mass is 9.83. The van der Waals surface area contributed by atoms with Gasteiger partial charge in [0.25, 0.3) is 0 Å². The maximum atomic E-state index is 11.1. The maximum absolute atomic E-state index is 11.1. The summed E-state index contributed by atoms with van der Waals surface area (Å²) in [7, 11) is 3.26. The molecule has 0 N–H and O–H groups in total. The van der Waals surface area contributed by atoms with E-state index in [0.29, 0.717) is 32.7 Å². The van der Waals surface area contributed by atoms with Crippen molar-refractivity contribution in [1.82, 2.24) is 0 Å². The van der Waals surface area contributed by atoms with Crippen molar-refractivity contribution < 1.29 is 19.0 Å². The van der Waals surface area contributed by atoms with Crippen molar-refractivity contribution in [1.29, 1.82) is 0 Å². The van der Waals surface area contributed by atoms with E-state index in [1.54, 1.807) is 21.1 Å². The van der Waals surface area contributed by atoms with Gasteiger partial charge < -0.3 is 14.2 Å². The molecule has 0 atom stereocenters. The van der Waals surface area contributed by atoms with Gasteiger partial charge >= 0.3 is 5.97 Å². The van der Waals surface area contributed by atoms with Crippen molar-refractivity contribution >= 4 is 5.97 Å². The van der Waals surface area contributed by atoms with Crippen LogP contribution in [0.1, 0.15) is 19.8 Å². The van der Waals surface area contributed by atoms with E-state index in [2.05, 4.69) is 18.4 Å². The molecule has 0 aliphatic heterocycles. The Morgan fingerprint density at radius 3 is 2.39 bits per heavy atom. The first-order chi connectivity index (χ1) is 8.64. The molecule has 0 saturated heterocycles. The van der Waals surface area contributed by atoms with Gasteiger partial charge in [-0.25, -0.2) is 4.79 Å². The number of carbonyl (C=O) groups excluding carboxylic acids is 1. The average molecular weight is 254 g/mol. The summed E-state index contributed by atoms with van der Waals surface area (Å²) in [4.78, 5) is 11.1. The molecule has 4 nitrogen and oxygen atoms in total. The summed E-state index contributed by atoms with van der Waals surface area (Å²) in [5.41, 5.74) is -0.259. The number of esters is 1. The largest absolute Gasteiger partial charge is 0.456 e. The minimum Gasteiger partial charge on any atom is -0.456 e. The third kappa shape index (κ3) is 6.43. The zero-order valence-electron chi connectivity index (χ0n) is 11.5. The molecule has 0 fully saturated rings. The second-order valence-electron chi connectivity index (χ2n) is 4.06. The summed E-state index contributed by atoms with van der Waals surface area (Å²) in [6, 6.07) is 0. The second-order valence-corrected chi connectivity index (χ2v) is 4.06. The molecule has 0 aliphatic rings. The number of hydrogen-bond acceptors (Lipinski definition) is 4. The smallest absolute Gasteiger partial charge is 0.384 e. The Morgan fingerprint density at radius 1 is 1.33 bits per heavy atom. The van der Waals surface area contributed by atoms with Crippen LogP contribution < -0.4 is 0 Å². The topological polar surface area (TPSA) is 44.8 Å². The van der Waals surface area contributed by atoms with Crippen LogP contribution in [0.3, 0.4) is 0 Å². The lowest BCUT2D eigenvalue weighted by molar-refractivity contribution is -0.136. The van der Waals surface area contributed by atoms with E-state index < -0.39 is 5.97 Å². The lowest BCUT2D eigenvalue weighted by Crippen LogP contribution is -2.31. The van der Waals surface area contributed by atoms with Gasteiger partial charge in [0.15, 0.2) is 0 Å². The molecule has 0 aliphatic carbocycles. The summed E-state index contributed by atoms with van der Waals surface area (Å²) in [6.07, 6.45) is 3.02. The van der Waals surface area contributed by atoms with Gasteiger partial charge in [-0.15, -0.1) is 6.58 Å². The van der Waals surface area contributed by atoms with Crippen LogP contribution in [0.25, 0.3) is 0 Å². The molecule has 102 valence electrons. The van der Waals surface area contributed by atoms with E-state index in [4.69, 9.17) is 14.2 Å². The standard InChI is InChI=1S/C14H22O4/c1-5-9-14(11-16-3,12-17-4)10-7-8-13(15)18-6-2/h5H,1,6,9-12H2,2-4H3. The van der Waals surface area contributed by atoms with Crippen LogP contribution in [0.15, 0.2) is 12.7 Å². The first-order valence-electron chi connectivity index (χ1n) is 5.88. The van der Waals surface area contributed by atoms with E-state index >= 15 is 0 Å². The zero-order valence-corrected chi connectivity index (χ0v) is 11.5. The minimum atomic E-state index is -0.500. The molecule has 18 heavy (non-hydrogen) atoms. The van der Waals surface area contributed by atoms with Gasteiger partial charge in [-0.1, -0.05) is 12.0 Å². The van der Waals surface area contributed by atoms with Crippen molar-refractivity contribution in [3.8, 4) is 11.8 Å². The number of hydrogen-bond donors (Lipinski definition) is 0. The van der Waals surface area contributed by atoms with Gasteiger partial charge in [0.05, 0.1) is 19.8 Å². The molecular formula is C14H22O4. The molecule has 0 heterocycles. The van der Waals surface area contributed by atoms with Crippen LogP contribution in [0.4, 0.5) is 0 Å². The lowest BCUT2D eigenvalue weighted by Gasteiger charge is -2.29. The molecule has 0 saturated carbocycles. The van der Waals surface area contributed by atoms with E-state index in [1.165, 1.54) is 0 Å². The molecule has 0 radical (unpaired) electrons. The molecule has 0 rings (SSSR count). The highest BCUT2D eigenvalue weighted by atomic mass is 16.5. The number of allylic oxidation sites excluding steroid dienone is 1. The number of methoxy groups -OCH3 is 2. The Hall–Kier alpha value is -1.31. The highest BCUT2D eigenvalue weighted by molar-refractivity contribution is 5.88. The summed E-state index contributed by atoms with van der Waals surface area (Å²) in [6.45, 7) is 6.82. The molecule has 0 spiro atoms. The van der Waals surface area contributed by atoms with Crippen LogP contribution in [0.5, 0.6) is 0 Å². The predicted molar refractivity (Wildman–Crippen MR) is 70.0 cm³/mol. The average Bonchev–Trinajstić information content (AvgIpc) is 2.30. The Balaban J connectivity index is 4.64. The van der Waals surface area contributed by atoms with Crippen molar-refractivity contribution in [3.05, 3.63) is 12.7 Å². The molecule has 0 amide bonds. The Labute approximate surface area is 109 Å². The monoisotopic (exact) mass is 254 g/mol. The van der Waals surface area contributed by atoms with E-state index in [0.717, 1.165) is 0 Å². The van der Waals surface area contributed by atoms with Gasteiger partial charge in [-0.3, -0.25) is 0 Å². The maximum Gasteiger partial charge on any atom is 0.384 e. The van der Waals surface area contributed by atoms with Crippen molar-refractivity contribution in [3.63, 3.8) is 0 Å². The second kappa shape index (κ2) is 9.69. The summed E-state index contributed by atoms with van der Waals surface area (Å²) in [5, 5.41) is 0. The highest BCUT2D eigenvalue weighted by Crippen LogP contribution is 2.27. The van der Waals surface area contributed by atoms with Gasteiger partial charge in [-0.2, -0.15) is 0 Å². The third-order valence-electron chi connectivity index (χ3n) is 2.41. The fourth-order valence-corrected chi connectivity index (χ4v) is 1.72. The highest BCUT2D eigenvalue weighted by Gasteiger charge is 2.28. The van der Waals surface area contributed by atoms with E-state index in [9.17, 15) is 4.79 Å². The van der Waals surface area contributed by atoms with Crippen LogP contribution >= 0.6 is 0 Å². The first-order valence-corrected chi connectivity index (χ1v) is 5.88.